The average molecular weight is 934 g/mol. The molecule has 1 unspecified atom stereocenters. The first-order valence-corrected chi connectivity index (χ1v) is 26.0. The van der Waals surface area contributed by atoms with Crippen molar-refractivity contribution in [2.45, 2.75) is 24.7 Å². The lowest BCUT2D eigenvalue weighted by molar-refractivity contribution is 0.660. The fourth-order valence-corrected chi connectivity index (χ4v) is 14.4. The van der Waals surface area contributed by atoms with Gasteiger partial charge in [0.25, 0.3) is 0 Å². The van der Waals surface area contributed by atoms with E-state index in [1.165, 1.54) is 120 Å². The molecule has 3 aliphatic carbocycles. The minimum atomic E-state index is -0.527. The Kier molecular flexibility index (Phi) is 8.86. The van der Waals surface area contributed by atoms with E-state index in [0.29, 0.717) is 0 Å². The summed E-state index contributed by atoms with van der Waals surface area (Å²) in [6.45, 7) is 4.75. The molecule has 3 aliphatic rings. The van der Waals surface area contributed by atoms with Gasteiger partial charge in [0.15, 0.2) is 0 Å². The molecular weight excluding hydrogens is 887 g/mol. The lowest BCUT2D eigenvalue weighted by Gasteiger charge is -2.31. The minimum absolute atomic E-state index is 0.152. The summed E-state index contributed by atoms with van der Waals surface area (Å²) < 4.78 is 2.66. The van der Waals surface area contributed by atoms with Crippen molar-refractivity contribution >= 4 is 48.6 Å². The molecule has 0 aliphatic heterocycles. The third kappa shape index (κ3) is 5.70. The van der Waals surface area contributed by atoms with Crippen molar-refractivity contribution in [3.05, 3.63) is 282 Å². The normalized spacial score (nSPS) is 15.2. The van der Waals surface area contributed by atoms with Crippen molar-refractivity contribution in [2.75, 3.05) is 4.90 Å². The van der Waals surface area contributed by atoms with Crippen LogP contribution in [0.15, 0.2) is 249 Å². The van der Waals surface area contributed by atoms with Gasteiger partial charge in [0.1, 0.15) is 0 Å². The van der Waals surface area contributed by atoms with Gasteiger partial charge in [-0.1, -0.05) is 220 Å². The van der Waals surface area contributed by atoms with Gasteiger partial charge in [-0.3, -0.25) is 0 Å². The summed E-state index contributed by atoms with van der Waals surface area (Å²) in [6, 6.07) is 93.6. The fraction of sp³-hybridized carbons (Fsp3) is 0.0571. The molecule has 0 radical (unpaired) electrons. The van der Waals surface area contributed by atoms with Crippen LogP contribution in [0, 0.1) is 0 Å². The molecule has 1 nitrogen and oxygen atoms in total. The highest BCUT2D eigenvalue weighted by Gasteiger charge is 2.52. The molecule has 2 heteroatoms. The Balaban J connectivity index is 0.952. The Morgan fingerprint density at radius 3 is 1.67 bits per heavy atom. The molecule has 1 aromatic heterocycles. The lowest BCUT2D eigenvalue weighted by atomic mass is 9.70. The SMILES string of the molecule is CC1(C)c2ccccc2-c2ccc(N(c3ccc(-c4ccccc4)cc3)c3ccccc3-c3cccc4c3-c3ccccc3C43c4ccccc4-c4ccc(-c5cccc6c5sc5ccccc56)cc43)cc21. The largest absolute Gasteiger partial charge is 0.310 e. The summed E-state index contributed by atoms with van der Waals surface area (Å²) in [6.07, 6.45) is 0. The molecule has 12 aromatic rings. The highest BCUT2D eigenvalue weighted by Crippen LogP contribution is 2.65. The van der Waals surface area contributed by atoms with Crippen LogP contribution in [0.25, 0.3) is 86.9 Å². The van der Waals surface area contributed by atoms with E-state index < -0.39 is 5.41 Å². The highest BCUT2D eigenvalue weighted by atomic mass is 32.1. The Morgan fingerprint density at radius 2 is 0.847 bits per heavy atom. The highest BCUT2D eigenvalue weighted by molar-refractivity contribution is 7.26. The number of hydrogen-bond acceptors (Lipinski definition) is 2. The van der Waals surface area contributed by atoms with Gasteiger partial charge in [-0.15, -0.1) is 11.3 Å². The molecule has 1 atom stereocenters. The van der Waals surface area contributed by atoms with Gasteiger partial charge in [0, 0.05) is 42.5 Å². The average Bonchev–Trinajstić information content (AvgIpc) is 4.14. The molecule has 0 fully saturated rings. The van der Waals surface area contributed by atoms with E-state index in [1.54, 1.807) is 0 Å². The van der Waals surface area contributed by atoms with Gasteiger partial charge in [0.05, 0.1) is 11.1 Å². The Labute approximate surface area is 424 Å². The van der Waals surface area contributed by atoms with E-state index in [1.807, 2.05) is 11.3 Å². The van der Waals surface area contributed by atoms with E-state index in [-0.39, 0.29) is 5.41 Å². The first kappa shape index (κ1) is 41.2. The maximum absolute atomic E-state index is 2.54. The number of nitrogens with zero attached hydrogens (tertiary/aromatic N) is 1. The number of fused-ring (bicyclic) bond motifs is 16. The second kappa shape index (κ2) is 15.5. The van der Waals surface area contributed by atoms with E-state index in [9.17, 15) is 0 Å². The minimum Gasteiger partial charge on any atom is -0.310 e. The fourth-order valence-electron chi connectivity index (χ4n) is 13.1. The maximum atomic E-state index is 2.54. The van der Waals surface area contributed by atoms with Crippen LogP contribution in [-0.2, 0) is 10.8 Å². The molecule has 338 valence electrons. The maximum Gasteiger partial charge on any atom is 0.0725 e. The summed E-state index contributed by atoms with van der Waals surface area (Å²) in [5.41, 5.74) is 26.0. The van der Waals surface area contributed by atoms with Crippen molar-refractivity contribution < 1.29 is 0 Å². The summed E-state index contributed by atoms with van der Waals surface area (Å²) in [5.74, 6) is 0. The van der Waals surface area contributed by atoms with Crippen molar-refractivity contribution in [2.24, 2.45) is 0 Å². The van der Waals surface area contributed by atoms with Gasteiger partial charge < -0.3 is 4.90 Å². The molecule has 0 bridgehead atoms. The number of hydrogen-bond donors (Lipinski definition) is 0. The molecule has 0 saturated carbocycles. The molecule has 15 rings (SSSR count). The summed E-state index contributed by atoms with van der Waals surface area (Å²) in [7, 11) is 0. The molecule has 1 spiro atoms. The van der Waals surface area contributed by atoms with Crippen LogP contribution < -0.4 is 4.90 Å². The smallest absolute Gasteiger partial charge is 0.0725 e. The number of rotatable bonds is 6. The zero-order chi connectivity index (χ0) is 47.7. The molecule has 0 amide bonds. The van der Waals surface area contributed by atoms with Crippen molar-refractivity contribution in [3.8, 4) is 66.8 Å². The zero-order valence-electron chi connectivity index (χ0n) is 40.0. The monoisotopic (exact) mass is 933 g/mol. The standard InChI is InChI=1S/C70H47NS/c1-69(2)59-28-11-6-20-50(59)52-41-39-48(43-63(52)69)71(47-37-34-45(35-38-47)44-18-4-3-5-19-44)65-32-14-9-22-54(65)56-26-17-31-62-67(56)58-24-8-13-30-61(58)70(62)60-29-12-7-21-51(60)53-40-36-46(42-64(53)70)49-25-16-27-57-55-23-10-15-33-66(55)72-68(49)57/h3-43H,1-2H3. The van der Waals surface area contributed by atoms with E-state index in [4.69, 9.17) is 0 Å². The quantitative estimate of drug-likeness (QED) is 0.161. The number of anilines is 3. The van der Waals surface area contributed by atoms with Gasteiger partial charge in [-0.25, -0.2) is 0 Å². The van der Waals surface area contributed by atoms with E-state index >= 15 is 0 Å². The van der Waals surface area contributed by atoms with Crippen LogP contribution in [0.1, 0.15) is 47.2 Å². The van der Waals surface area contributed by atoms with Crippen LogP contribution in [0.2, 0.25) is 0 Å². The van der Waals surface area contributed by atoms with E-state index in [0.717, 1.165) is 17.1 Å². The Hall–Kier alpha value is -8.56. The summed E-state index contributed by atoms with van der Waals surface area (Å²) in [4.78, 5) is 2.50. The molecular formula is C70H47NS. The number of para-hydroxylation sites is 1. The van der Waals surface area contributed by atoms with Crippen molar-refractivity contribution in [1.82, 2.24) is 0 Å². The van der Waals surface area contributed by atoms with Crippen molar-refractivity contribution in [1.29, 1.82) is 0 Å². The zero-order valence-corrected chi connectivity index (χ0v) is 40.8. The summed E-state index contributed by atoms with van der Waals surface area (Å²) in [5, 5.41) is 2.64. The van der Waals surface area contributed by atoms with Crippen LogP contribution in [0.4, 0.5) is 17.1 Å². The van der Waals surface area contributed by atoms with Crippen LogP contribution in [-0.4, -0.2) is 0 Å². The van der Waals surface area contributed by atoms with Crippen LogP contribution in [0.3, 0.4) is 0 Å². The van der Waals surface area contributed by atoms with Gasteiger partial charge >= 0.3 is 0 Å². The first-order valence-electron chi connectivity index (χ1n) is 25.2. The van der Waals surface area contributed by atoms with Gasteiger partial charge in [-0.05, 0) is 137 Å². The predicted molar refractivity (Wildman–Crippen MR) is 304 cm³/mol. The second-order valence-electron chi connectivity index (χ2n) is 20.3. The third-order valence-corrected chi connectivity index (χ3v) is 17.5. The molecule has 0 N–H and O–H groups in total. The van der Waals surface area contributed by atoms with Crippen molar-refractivity contribution in [3.63, 3.8) is 0 Å². The van der Waals surface area contributed by atoms with Gasteiger partial charge in [0.2, 0.25) is 0 Å². The number of benzene rings is 11. The van der Waals surface area contributed by atoms with E-state index in [2.05, 4.69) is 267 Å². The lowest BCUT2D eigenvalue weighted by Crippen LogP contribution is -2.25. The Morgan fingerprint density at radius 1 is 0.319 bits per heavy atom. The van der Waals surface area contributed by atoms with Gasteiger partial charge in [-0.2, -0.15) is 0 Å². The molecule has 72 heavy (non-hydrogen) atoms. The molecule has 11 aromatic carbocycles. The molecule has 1 heterocycles. The summed E-state index contributed by atoms with van der Waals surface area (Å²) >= 11 is 1.90. The number of thiophene rings is 1. The predicted octanol–water partition coefficient (Wildman–Crippen LogP) is 19.2. The third-order valence-electron chi connectivity index (χ3n) is 16.3. The van der Waals surface area contributed by atoms with Crippen LogP contribution >= 0.6 is 11.3 Å². The second-order valence-corrected chi connectivity index (χ2v) is 21.3. The topological polar surface area (TPSA) is 3.24 Å². The first-order chi connectivity index (χ1) is 35.5. The molecule has 0 saturated heterocycles. The van der Waals surface area contributed by atoms with Crippen LogP contribution in [0.5, 0.6) is 0 Å². The Bertz CT molecular complexity index is 4190.